The highest BCUT2D eigenvalue weighted by molar-refractivity contribution is 5.95. The number of amidine groups is 1. The highest BCUT2D eigenvalue weighted by Crippen LogP contribution is 2.28. The van der Waals surface area contributed by atoms with Gasteiger partial charge >= 0.3 is 0 Å². The third-order valence-corrected chi connectivity index (χ3v) is 3.03. The summed E-state index contributed by atoms with van der Waals surface area (Å²) in [4.78, 5) is 0. The summed E-state index contributed by atoms with van der Waals surface area (Å²) in [5.74, 6) is 1.96. The molecule has 0 saturated heterocycles. The minimum absolute atomic E-state index is 0.00463. The van der Waals surface area contributed by atoms with Gasteiger partial charge in [0.15, 0.2) is 11.5 Å². The van der Waals surface area contributed by atoms with Crippen molar-refractivity contribution in [3.8, 4) is 17.2 Å². The van der Waals surface area contributed by atoms with Gasteiger partial charge in [0, 0.05) is 5.56 Å². The second-order valence-electron chi connectivity index (χ2n) is 4.42. The molecule has 0 saturated carbocycles. The lowest BCUT2D eigenvalue weighted by molar-refractivity contribution is 0.284. The molecular weight excluding hydrogens is 268 g/mol. The zero-order valence-electron chi connectivity index (χ0n) is 12.1. The molecule has 5 nitrogen and oxygen atoms in total. The van der Waals surface area contributed by atoms with Crippen molar-refractivity contribution in [2.75, 3.05) is 14.2 Å². The number of rotatable bonds is 6. The summed E-state index contributed by atoms with van der Waals surface area (Å²) in [6.07, 6.45) is 0. The van der Waals surface area contributed by atoms with Crippen LogP contribution in [0.2, 0.25) is 0 Å². The summed E-state index contributed by atoms with van der Waals surface area (Å²) in [7, 11) is 3.19. The van der Waals surface area contributed by atoms with Crippen molar-refractivity contribution in [3.63, 3.8) is 0 Å². The number of nitrogen functional groups attached to an aromatic ring is 1. The van der Waals surface area contributed by atoms with Crippen LogP contribution < -0.4 is 19.9 Å². The Balaban J connectivity index is 2.09. The minimum Gasteiger partial charge on any atom is -0.497 e. The van der Waals surface area contributed by atoms with E-state index in [9.17, 15) is 0 Å². The first kappa shape index (κ1) is 14.7. The lowest BCUT2D eigenvalue weighted by Crippen LogP contribution is -2.11. The topological polar surface area (TPSA) is 77.6 Å². The third kappa shape index (κ3) is 3.66. The van der Waals surface area contributed by atoms with E-state index >= 15 is 0 Å². The Kier molecular flexibility index (Phi) is 4.66. The average molecular weight is 286 g/mol. The summed E-state index contributed by atoms with van der Waals surface area (Å²) in [5, 5.41) is 7.42. The summed E-state index contributed by atoms with van der Waals surface area (Å²) < 4.78 is 16.1. The van der Waals surface area contributed by atoms with Crippen LogP contribution in [0.5, 0.6) is 17.2 Å². The minimum atomic E-state index is -0.00463. The van der Waals surface area contributed by atoms with Crippen LogP contribution in [-0.2, 0) is 6.61 Å². The third-order valence-electron chi connectivity index (χ3n) is 3.03. The molecule has 21 heavy (non-hydrogen) atoms. The van der Waals surface area contributed by atoms with E-state index in [1.165, 1.54) is 0 Å². The number of hydrogen-bond acceptors (Lipinski definition) is 4. The Morgan fingerprint density at radius 2 is 1.71 bits per heavy atom. The molecule has 0 bridgehead atoms. The highest BCUT2D eigenvalue weighted by atomic mass is 16.5. The first-order valence-corrected chi connectivity index (χ1v) is 6.42. The zero-order valence-corrected chi connectivity index (χ0v) is 12.1. The van der Waals surface area contributed by atoms with Gasteiger partial charge in [-0.2, -0.15) is 0 Å². The van der Waals surface area contributed by atoms with Gasteiger partial charge in [0.1, 0.15) is 18.2 Å². The van der Waals surface area contributed by atoms with E-state index in [1.54, 1.807) is 32.4 Å². The molecule has 0 aromatic heterocycles. The van der Waals surface area contributed by atoms with E-state index in [2.05, 4.69) is 0 Å². The molecule has 0 aliphatic carbocycles. The maximum absolute atomic E-state index is 7.42. The maximum Gasteiger partial charge on any atom is 0.161 e. The lowest BCUT2D eigenvalue weighted by Gasteiger charge is -2.12. The highest BCUT2D eigenvalue weighted by Gasteiger charge is 2.07. The van der Waals surface area contributed by atoms with Crippen LogP contribution in [0.15, 0.2) is 42.5 Å². The molecule has 0 aliphatic heterocycles. The zero-order chi connectivity index (χ0) is 15.2. The van der Waals surface area contributed by atoms with E-state index in [-0.39, 0.29) is 5.84 Å². The van der Waals surface area contributed by atoms with Gasteiger partial charge in [-0.15, -0.1) is 0 Å². The normalized spacial score (nSPS) is 10.0. The van der Waals surface area contributed by atoms with Crippen LogP contribution in [0.3, 0.4) is 0 Å². The first-order chi connectivity index (χ1) is 10.1. The summed E-state index contributed by atoms with van der Waals surface area (Å²) >= 11 is 0. The second-order valence-corrected chi connectivity index (χ2v) is 4.42. The SMILES string of the molecule is COc1ccc(COc2ccc(C(=N)N)cc2OC)cc1. The van der Waals surface area contributed by atoms with E-state index in [0.29, 0.717) is 23.7 Å². The molecule has 0 spiro atoms. The van der Waals surface area contributed by atoms with Crippen LogP contribution >= 0.6 is 0 Å². The predicted octanol–water partition coefficient (Wildman–Crippen LogP) is 2.57. The number of nitrogens with two attached hydrogens (primary N) is 1. The molecule has 2 aromatic carbocycles. The standard InChI is InChI=1S/C16H18N2O3/c1-19-13-6-3-11(4-7-13)10-21-14-8-5-12(16(17)18)9-15(14)20-2/h3-9H,10H2,1-2H3,(H3,17,18). The number of nitrogens with one attached hydrogen (secondary N) is 1. The van der Waals surface area contributed by atoms with Gasteiger partial charge in [0.25, 0.3) is 0 Å². The largest absolute Gasteiger partial charge is 0.497 e. The molecule has 0 fully saturated rings. The fourth-order valence-corrected chi connectivity index (χ4v) is 1.84. The van der Waals surface area contributed by atoms with Crippen LogP contribution in [0.4, 0.5) is 0 Å². The van der Waals surface area contributed by atoms with Crippen LogP contribution in [0.25, 0.3) is 0 Å². The molecule has 0 amide bonds. The molecule has 0 unspecified atom stereocenters. The molecule has 0 aliphatic rings. The summed E-state index contributed by atoms with van der Waals surface area (Å²) in [5.41, 5.74) is 7.08. The average Bonchev–Trinajstić information content (AvgIpc) is 2.53. The van der Waals surface area contributed by atoms with E-state index < -0.39 is 0 Å². The fourth-order valence-electron chi connectivity index (χ4n) is 1.84. The molecule has 5 heteroatoms. The molecule has 3 N–H and O–H groups in total. The molecular formula is C16H18N2O3. The second kappa shape index (κ2) is 6.65. The van der Waals surface area contributed by atoms with Gasteiger partial charge in [-0.05, 0) is 35.9 Å². The molecule has 0 heterocycles. The Morgan fingerprint density at radius 3 is 2.29 bits per heavy atom. The Hall–Kier alpha value is -2.69. The van der Waals surface area contributed by atoms with E-state index in [4.69, 9.17) is 25.4 Å². The van der Waals surface area contributed by atoms with E-state index in [1.807, 2.05) is 24.3 Å². The molecule has 2 rings (SSSR count). The molecule has 0 radical (unpaired) electrons. The Labute approximate surface area is 123 Å². The lowest BCUT2D eigenvalue weighted by atomic mass is 10.2. The van der Waals surface area contributed by atoms with Gasteiger partial charge in [-0.25, -0.2) is 0 Å². The van der Waals surface area contributed by atoms with Gasteiger partial charge in [0.2, 0.25) is 0 Å². The van der Waals surface area contributed by atoms with Gasteiger partial charge in [-0.1, -0.05) is 12.1 Å². The maximum atomic E-state index is 7.42. The number of hydrogen-bond donors (Lipinski definition) is 2. The summed E-state index contributed by atoms with van der Waals surface area (Å²) in [6, 6.07) is 12.8. The van der Waals surface area contributed by atoms with Crippen molar-refractivity contribution < 1.29 is 14.2 Å². The van der Waals surface area contributed by atoms with Crippen molar-refractivity contribution >= 4 is 5.84 Å². The van der Waals surface area contributed by atoms with Crippen LogP contribution in [0.1, 0.15) is 11.1 Å². The van der Waals surface area contributed by atoms with Gasteiger partial charge in [0.05, 0.1) is 14.2 Å². The van der Waals surface area contributed by atoms with Gasteiger partial charge < -0.3 is 19.9 Å². The predicted molar refractivity (Wildman–Crippen MR) is 81.3 cm³/mol. The van der Waals surface area contributed by atoms with Gasteiger partial charge in [-0.3, -0.25) is 5.41 Å². The number of ether oxygens (including phenoxy) is 3. The molecule has 110 valence electrons. The molecule has 2 aromatic rings. The van der Waals surface area contributed by atoms with Crippen LogP contribution in [0, 0.1) is 5.41 Å². The Bertz CT molecular complexity index is 624. The number of benzene rings is 2. The van der Waals surface area contributed by atoms with Crippen molar-refractivity contribution in [1.29, 1.82) is 5.41 Å². The van der Waals surface area contributed by atoms with Crippen LogP contribution in [-0.4, -0.2) is 20.1 Å². The van der Waals surface area contributed by atoms with E-state index in [0.717, 1.165) is 11.3 Å². The first-order valence-electron chi connectivity index (χ1n) is 6.42. The van der Waals surface area contributed by atoms with Crippen molar-refractivity contribution in [2.24, 2.45) is 5.73 Å². The quantitative estimate of drug-likeness (QED) is 0.632. The number of methoxy groups -OCH3 is 2. The smallest absolute Gasteiger partial charge is 0.161 e. The van der Waals surface area contributed by atoms with Crippen molar-refractivity contribution in [2.45, 2.75) is 6.61 Å². The van der Waals surface area contributed by atoms with Crippen molar-refractivity contribution in [3.05, 3.63) is 53.6 Å². The Morgan fingerprint density at radius 1 is 1.00 bits per heavy atom. The molecule has 0 atom stereocenters. The monoisotopic (exact) mass is 286 g/mol. The van der Waals surface area contributed by atoms with Crippen molar-refractivity contribution in [1.82, 2.24) is 0 Å². The summed E-state index contributed by atoms with van der Waals surface area (Å²) in [6.45, 7) is 0.416. The fraction of sp³-hybridized carbons (Fsp3) is 0.188.